The van der Waals surface area contributed by atoms with E-state index in [1.165, 1.54) is 0 Å². The lowest BCUT2D eigenvalue weighted by molar-refractivity contribution is -0.133. The van der Waals surface area contributed by atoms with E-state index in [-0.39, 0.29) is 18.4 Å². The Morgan fingerprint density at radius 2 is 2.31 bits per heavy atom. The van der Waals surface area contributed by atoms with Crippen LogP contribution >= 0.6 is 0 Å². The third-order valence-electron chi connectivity index (χ3n) is 2.58. The van der Waals surface area contributed by atoms with Crippen molar-refractivity contribution in [1.82, 2.24) is 10.2 Å². The Kier molecular flexibility index (Phi) is 5.41. The molecule has 0 aromatic carbocycles. The van der Waals surface area contributed by atoms with Crippen molar-refractivity contribution in [3.8, 4) is 12.3 Å². The molecule has 0 aliphatic carbocycles. The summed E-state index contributed by atoms with van der Waals surface area (Å²) in [5, 5.41) is 2.79. The highest BCUT2D eigenvalue weighted by atomic mass is 16.2. The van der Waals surface area contributed by atoms with Crippen LogP contribution in [0.2, 0.25) is 0 Å². The van der Waals surface area contributed by atoms with Gasteiger partial charge in [-0.2, -0.15) is 0 Å². The van der Waals surface area contributed by atoms with Gasteiger partial charge in [0, 0.05) is 25.9 Å². The first kappa shape index (κ1) is 12.6. The second kappa shape index (κ2) is 6.89. The van der Waals surface area contributed by atoms with Crippen LogP contribution in [0.4, 0.5) is 0 Å². The van der Waals surface area contributed by atoms with E-state index in [0.717, 1.165) is 25.7 Å². The summed E-state index contributed by atoms with van der Waals surface area (Å²) in [7, 11) is 0. The number of terminal acetylenes is 1. The summed E-state index contributed by atoms with van der Waals surface area (Å²) in [6, 6.07) is 0. The quantitative estimate of drug-likeness (QED) is 0.526. The molecule has 0 unspecified atom stereocenters. The number of nitrogens with zero attached hydrogens (tertiary/aromatic N) is 1. The van der Waals surface area contributed by atoms with Crippen molar-refractivity contribution < 1.29 is 9.59 Å². The van der Waals surface area contributed by atoms with E-state index in [4.69, 9.17) is 6.42 Å². The molecule has 1 fully saturated rings. The number of rotatable bonds is 6. The molecule has 4 heteroatoms. The topological polar surface area (TPSA) is 49.4 Å². The lowest BCUT2D eigenvalue weighted by atomic mass is 10.2. The maximum Gasteiger partial charge on any atom is 0.239 e. The maximum absolute atomic E-state index is 11.4. The predicted molar refractivity (Wildman–Crippen MR) is 61.5 cm³/mol. The minimum absolute atomic E-state index is 0.0732. The zero-order valence-corrected chi connectivity index (χ0v) is 9.50. The summed E-state index contributed by atoms with van der Waals surface area (Å²) in [4.78, 5) is 24.3. The van der Waals surface area contributed by atoms with Gasteiger partial charge in [-0.15, -0.1) is 12.3 Å². The highest BCUT2D eigenvalue weighted by molar-refractivity contribution is 5.85. The Morgan fingerprint density at radius 3 is 2.94 bits per heavy atom. The monoisotopic (exact) mass is 222 g/mol. The van der Waals surface area contributed by atoms with Gasteiger partial charge < -0.3 is 10.2 Å². The van der Waals surface area contributed by atoms with Gasteiger partial charge in [0.1, 0.15) is 0 Å². The lowest BCUT2D eigenvalue weighted by Crippen LogP contribution is -2.38. The largest absolute Gasteiger partial charge is 0.355 e. The zero-order chi connectivity index (χ0) is 11.8. The fourth-order valence-corrected chi connectivity index (χ4v) is 1.68. The second-order valence-electron chi connectivity index (χ2n) is 3.93. The molecule has 1 rings (SSSR count). The molecular formula is C12H18N2O2. The van der Waals surface area contributed by atoms with Crippen LogP contribution in [0.15, 0.2) is 0 Å². The second-order valence-corrected chi connectivity index (χ2v) is 3.93. The molecule has 1 heterocycles. The molecule has 0 aromatic heterocycles. The maximum atomic E-state index is 11.4. The van der Waals surface area contributed by atoms with Crippen molar-refractivity contribution in [1.29, 1.82) is 0 Å². The molecule has 0 radical (unpaired) electrons. The van der Waals surface area contributed by atoms with Crippen LogP contribution in [0.1, 0.15) is 32.1 Å². The summed E-state index contributed by atoms with van der Waals surface area (Å²) in [6.07, 6.45) is 9.13. The Hall–Kier alpha value is -1.50. The number of unbranched alkanes of at least 4 members (excludes halogenated alkanes) is 2. The smallest absolute Gasteiger partial charge is 0.239 e. The zero-order valence-electron chi connectivity index (χ0n) is 9.50. The van der Waals surface area contributed by atoms with Crippen molar-refractivity contribution in [2.75, 3.05) is 19.6 Å². The first-order valence-electron chi connectivity index (χ1n) is 5.72. The van der Waals surface area contributed by atoms with Crippen molar-refractivity contribution in [2.24, 2.45) is 0 Å². The van der Waals surface area contributed by atoms with Crippen LogP contribution in [-0.2, 0) is 9.59 Å². The van der Waals surface area contributed by atoms with Gasteiger partial charge in [-0.1, -0.05) is 0 Å². The minimum Gasteiger partial charge on any atom is -0.355 e. The van der Waals surface area contributed by atoms with Gasteiger partial charge in [-0.25, -0.2) is 0 Å². The highest BCUT2D eigenvalue weighted by Gasteiger charge is 2.21. The van der Waals surface area contributed by atoms with Crippen LogP contribution in [0.5, 0.6) is 0 Å². The Balaban J connectivity index is 2.07. The first-order valence-corrected chi connectivity index (χ1v) is 5.72. The third-order valence-corrected chi connectivity index (χ3v) is 2.58. The summed E-state index contributed by atoms with van der Waals surface area (Å²) in [5.41, 5.74) is 0. The number of likely N-dealkylation sites (tertiary alicyclic amines) is 1. The van der Waals surface area contributed by atoms with Crippen LogP contribution in [0.3, 0.4) is 0 Å². The highest BCUT2D eigenvalue weighted by Crippen LogP contribution is 2.08. The number of hydrogen-bond donors (Lipinski definition) is 1. The molecule has 0 aromatic rings. The standard InChI is InChI=1S/C12H18N2O2/c1-2-3-4-5-8-13-11(15)10-14-9-6-7-12(14)16/h1H,3-10H2,(H,13,15). The number of nitrogens with one attached hydrogen (secondary N) is 1. The van der Waals surface area contributed by atoms with Crippen molar-refractivity contribution in [3.05, 3.63) is 0 Å². The van der Waals surface area contributed by atoms with Gasteiger partial charge in [0.15, 0.2) is 0 Å². The average Bonchev–Trinajstić information content (AvgIpc) is 2.64. The fraction of sp³-hybridized carbons (Fsp3) is 0.667. The number of hydrogen-bond acceptors (Lipinski definition) is 2. The van der Waals surface area contributed by atoms with Crippen molar-refractivity contribution in [3.63, 3.8) is 0 Å². The van der Waals surface area contributed by atoms with Gasteiger partial charge in [-0.3, -0.25) is 9.59 Å². The molecule has 0 bridgehead atoms. The summed E-state index contributed by atoms with van der Waals surface area (Å²) in [5.74, 6) is 2.57. The summed E-state index contributed by atoms with van der Waals surface area (Å²) >= 11 is 0. The molecule has 4 nitrogen and oxygen atoms in total. The molecular weight excluding hydrogens is 204 g/mol. The fourth-order valence-electron chi connectivity index (χ4n) is 1.68. The van der Waals surface area contributed by atoms with Crippen LogP contribution < -0.4 is 5.32 Å². The molecule has 1 saturated heterocycles. The SMILES string of the molecule is C#CCCCCNC(=O)CN1CCCC1=O. The Labute approximate surface area is 96.4 Å². The Morgan fingerprint density at radius 1 is 1.50 bits per heavy atom. The van der Waals surface area contributed by atoms with E-state index in [0.29, 0.717) is 19.5 Å². The van der Waals surface area contributed by atoms with Gasteiger partial charge in [0.25, 0.3) is 0 Å². The lowest BCUT2D eigenvalue weighted by Gasteiger charge is -2.14. The number of carbonyl (C=O) groups is 2. The van der Waals surface area contributed by atoms with E-state index in [1.54, 1.807) is 4.90 Å². The molecule has 0 atom stereocenters. The Bertz CT molecular complexity index is 294. The average molecular weight is 222 g/mol. The van der Waals surface area contributed by atoms with Crippen molar-refractivity contribution in [2.45, 2.75) is 32.1 Å². The molecule has 2 amide bonds. The van der Waals surface area contributed by atoms with E-state index >= 15 is 0 Å². The molecule has 1 aliphatic heterocycles. The first-order chi connectivity index (χ1) is 7.74. The number of carbonyl (C=O) groups excluding carboxylic acids is 2. The third kappa shape index (κ3) is 4.35. The van der Waals surface area contributed by atoms with Crippen LogP contribution in [0.25, 0.3) is 0 Å². The van der Waals surface area contributed by atoms with E-state index in [9.17, 15) is 9.59 Å². The van der Waals surface area contributed by atoms with Gasteiger partial charge in [0.2, 0.25) is 11.8 Å². The summed E-state index contributed by atoms with van der Waals surface area (Å²) in [6.45, 7) is 1.56. The van der Waals surface area contributed by atoms with Gasteiger partial charge in [-0.05, 0) is 19.3 Å². The molecule has 0 saturated carbocycles. The molecule has 16 heavy (non-hydrogen) atoms. The van der Waals surface area contributed by atoms with Gasteiger partial charge >= 0.3 is 0 Å². The van der Waals surface area contributed by atoms with E-state index in [1.807, 2.05) is 0 Å². The van der Waals surface area contributed by atoms with E-state index < -0.39 is 0 Å². The summed E-state index contributed by atoms with van der Waals surface area (Å²) < 4.78 is 0. The normalized spacial score (nSPS) is 14.9. The van der Waals surface area contributed by atoms with Crippen LogP contribution in [-0.4, -0.2) is 36.3 Å². The number of amides is 2. The van der Waals surface area contributed by atoms with E-state index in [2.05, 4.69) is 11.2 Å². The van der Waals surface area contributed by atoms with Crippen molar-refractivity contribution >= 4 is 11.8 Å². The van der Waals surface area contributed by atoms with Gasteiger partial charge in [0.05, 0.1) is 6.54 Å². The molecule has 0 spiro atoms. The predicted octanol–water partition coefficient (Wildman–Crippen LogP) is 0.528. The molecule has 88 valence electrons. The molecule has 1 N–H and O–H groups in total. The van der Waals surface area contributed by atoms with Crippen LogP contribution in [0, 0.1) is 12.3 Å². The molecule has 1 aliphatic rings. The minimum atomic E-state index is -0.0732.